The molecule has 0 radical (unpaired) electrons. The molecule has 1 aromatic rings. The van der Waals surface area contributed by atoms with Crippen LogP contribution in [0.3, 0.4) is 0 Å². The fourth-order valence-corrected chi connectivity index (χ4v) is 1.48. The number of aliphatic hydroxyl groups is 1. The van der Waals surface area contributed by atoms with E-state index in [4.69, 9.17) is 0 Å². The average Bonchev–Trinajstić information content (AvgIpc) is 2.15. The Balaban J connectivity index is 2.56. The van der Waals surface area contributed by atoms with E-state index in [1.165, 1.54) is 0 Å². The minimum Gasteiger partial charge on any atom is -0.363 e. The molecule has 3 nitrogen and oxygen atoms in total. The van der Waals surface area contributed by atoms with Crippen LogP contribution in [0.5, 0.6) is 0 Å². The average molecular weight is 220 g/mol. The zero-order chi connectivity index (χ0) is 11.3. The maximum atomic E-state index is 9.56. The van der Waals surface area contributed by atoms with Gasteiger partial charge in [0.05, 0.1) is 0 Å². The fourth-order valence-electron chi connectivity index (χ4n) is 0.909. The summed E-state index contributed by atoms with van der Waals surface area (Å²) in [5.41, 5.74) is 3.09. The lowest BCUT2D eigenvalue weighted by molar-refractivity contribution is 0.261. The van der Waals surface area contributed by atoms with Crippen LogP contribution in [0.4, 0.5) is 5.82 Å². The highest BCUT2D eigenvalue weighted by Gasteiger charge is 2.08. The maximum absolute atomic E-state index is 9.56. The van der Waals surface area contributed by atoms with Crippen molar-refractivity contribution >= 4 is 13.9 Å². The lowest BCUT2D eigenvalue weighted by atomic mass is 10.4. The van der Waals surface area contributed by atoms with E-state index in [0.717, 1.165) is 0 Å². The Labute approximate surface area is 91.6 Å². The van der Waals surface area contributed by atoms with Crippen LogP contribution in [0.1, 0.15) is 0 Å². The van der Waals surface area contributed by atoms with Crippen molar-refractivity contribution in [1.29, 1.82) is 0 Å². The molecule has 0 aliphatic rings. The van der Waals surface area contributed by atoms with E-state index < -0.39 is 14.3 Å². The zero-order valence-electron chi connectivity index (χ0n) is 9.28. The molecule has 4 heteroatoms. The number of aliphatic hydroxyl groups excluding tert-OH is 1. The molecule has 0 saturated carbocycles. The molecule has 0 aliphatic heterocycles. The predicted molar refractivity (Wildman–Crippen MR) is 65.0 cm³/mol. The fraction of sp³-hybridized carbons (Fsp3) is 0.364. The predicted octanol–water partition coefficient (Wildman–Crippen LogP) is 1.69. The number of hydrogen-bond acceptors (Lipinski definition) is 3. The van der Waals surface area contributed by atoms with Gasteiger partial charge in [0.25, 0.3) is 0 Å². The second-order valence-electron chi connectivity index (χ2n) is 4.28. The Morgan fingerprint density at radius 3 is 2.67 bits per heavy atom. The Kier molecular flexibility index (Phi) is 3.89. The highest BCUT2D eigenvalue weighted by atomic mass is 28.3. The van der Waals surface area contributed by atoms with Crippen LogP contribution in [-0.4, -0.2) is 24.4 Å². The molecule has 0 saturated heterocycles. The SMILES string of the molecule is C[Si](C)(C)C#C[C@H](O)Nc1ccccn1. The lowest BCUT2D eigenvalue weighted by Gasteiger charge is -2.08. The van der Waals surface area contributed by atoms with Crippen LogP contribution in [0.25, 0.3) is 0 Å². The van der Waals surface area contributed by atoms with Crippen molar-refractivity contribution in [2.24, 2.45) is 0 Å². The Morgan fingerprint density at radius 2 is 2.13 bits per heavy atom. The first-order valence-corrected chi connectivity index (χ1v) is 8.36. The molecule has 80 valence electrons. The molecule has 0 unspecified atom stereocenters. The maximum Gasteiger partial charge on any atom is 0.189 e. The summed E-state index contributed by atoms with van der Waals surface area (Å²) in [5, 5.41) is 12.4. The number of rotatable bonds is 2. The van der Waals surface area contributed by atoms with Gasteiger partial charge in [-0.15, -0.1) is 5.54 Å². The highest BCUT2D eigenvalue weighted by Crippen LogP contribution is 2.01. The van der Waals surface area contributed by atoms with Gasteiger partial charge in [-0.2, -0.15) is 0 Å². The standard InChI is InChI=1S/C11H16N2OSi/c1-15(2,3)9-7-11(14)13-10-6-4-5-8-12-10/h4-6,8,11,14H,1-3H3,(H,12,13)/t11-/m0/s1. The summed E-state index contributed by atoms with van der Waals surface area (Å²) in [4.78, 5) is 4.04. The van der Waals surface area contributed by atoms with E-state index in [2.05, 4.69) is 41.4 Å². The van der Waals surface area contributed by atoms with E-state index in [1.54, 1.807) is 12.3 Å². The monoisotopic (exact) mass is 220 g/mol. The van der Waals surface area contributed by atoms with Crippen LogP contribution in [-0.2, 0) is 0 Å². The van der Waals surface area contributed by atoms with Crippen LogP contribution in [0, 0.1) is 11.5 Å². The van der Waals surface area contributed by atoms with Gasteiger partial charge in [-0.1, -0.05) is 31.6 Å². The van der Waals surface area contributed by atoms with E-state index in [9.17, 15) is 5.11 Å². The van der Waals surface area contributed by atoms with Gasteiger partial charge in [0.1, 0.15) is 13.9 Å². The molecule has 1 aromatic heterocycles. The van der Waals surface area contributed by atoms with Crippen molar-refractivity contribution in [2.45, 2.75) is 25.9 Å². The van der Waals surface area contributed by atoms with Gasteiger partial charge in [0.15, 0.2) is 6.23 Å². The first-order chi connectivity index (χ1) is 6.97. The molecular formula is C11H16N2OSi. The minimum atomic E-state index is -1.42. The topological polar surface area (TPSA) is 45.1 Å². The van der Waals surface area contributed by atoms with Gasteiger partial charge >= 0.3 is 0 Å². The number of aromatic nitrogens is 1. The molecule has 1 heterocycles. The van der Waals surface area contributed by atoms with Crippen LogP contribution in [0.2, 0.25) is 19.6 Å². The van der Waals surface area contributed by atoms with Crippen molar-refractivity contribution < 1.29 is 5.11 Å². The van der Waals surface area contributed by atoms with Crippen molar-refractivity contribution in [3.8, 4) is 11.5 Å². The molecule has 0 fully saturated rings. The Bertz CT molecular complexity index is 362. The number of pyridine rings is 1. The van der Waals surface area contributed by atoms with Crippen molar-refractivity contribution in [3.05, 3.63) is 24.4 Å². The minimum absolute atomic E-state index is 0.634. The van der Waals surface area contributed by atoms with E-state index in [1.807, 2.05) is 12.1 Å². The molecule has 2 N–H and O–H groups in total. The van der Waals surface area contributed by atoms with Crippen LogP contribution in [0.15, 0.2) is 24.4 Å². The van der Waals surface area contributed by atoms with Crippen LogP contribution < -0.4 is 5.32 Å². The lowest BCUT2D eigenvalue weighted by Crippen LogP contribution is -2.21. The first-order valence-electron chi connectivity index (χ1n) is 4.86. The third-order valence-corrected chi connectivity index (χ3v) is 2.43. The number of anilines is 1. The second kappa shape index (κ2) is 4.96. The summed E-state index contributed by atoms with van der Waals surface area (Å²) in [5.74, 6) is 3.42. The summed E-state index contributed by atoms with van der Waals surface area (Å²) < 4.78 is 0. The van der Waals surface area contributed by atoms with Crippen LogP contribution >= 0.6 is 0 Å². The van der Waals surface area contributed by atoms with Crippen molar-refractivity contribution in [3.63, 3.8) is 0 Å². The normalized spacial score (nSPS) is 12.5. The zero-order valence-corrected chi connectivity index (χ0v) is 10.3. The van der Waals surface area contributed by atoms with Gasteiger partial charge in [0.2, 0.25) is 0 Å². The molecule has 0 aliphatic carbocycles. The third-order valence-electron chi connectivity index (χ3n) is 1.53. The molecule has 0 amide bonds. The first kappa shape index (κ1) is 11.8. The molecule has 0 spiro atoms. The summed E-state index contributed by atoms with van der Waals surface area (Å²) >= 11 is 0. The quantitative estimate of drug-likeness (QED) is 0.453. The smallest absolute Gasteiger partial charge is 0.189 e. The summed E-state index contributed by atoms with van der Waals surface area (Å²) in [6.07, 6.45) is 0.827. The molecule has 0 aromatic carbocycles. The molecule has 1 rings (SSSR count). The molecule has 0 bridgehead atoms. The van der Waals surface area contributed by atoms with Crippen molar-refractivity contribution in [2.75, 3.05) is 5.32 Å². The van der Waals surface area contributed by atoms with Gasteiger partial charge in [-0.25, -0.2) is 4.98 Å². The Morgan fingerprint density at radius 1 is 1.40 bits per heavy atom. The number of nitrogens with zero attached hydrogens (tertiary/aromatic N) is 1. The Hall–Kier alpha value is -1.31. The van der Waals surface area contributed by atoms with Gasteiger partial charge in [-0.3, -0.25) is 0 Å². The highest BCUT2D eigenvalue weighted by molar-refractivity contribution is 6.83. The molecule has 15 heavy (non-hydrogen) atoms. The van der Waals surface area contributed by atoms with Crippen molar-refractivity contribution in [1.82, 2.24) is 4.98 Å². The summed E-state index contributed by atoms with van der Waals surface area (Å²) in [7, 11) is -1.42. The van der Waals surface area contributed by atoms with Gasteiger partial charge in [0, 0.05) is 6.20 Å². The third kappa shape index (κ3) is 5.20. The van der Waals surface area contributed by atoms with Gasteiger partial charge in [-0.05, 0) is 12.1 Å². The molecular weight excluding hydrogens is 204 g/mol. The number of hydrogen-bond donors (Lipinski definition) is 2. The van der Waals surface area contributed by atoms with E-state index in [-0.39, 0.29) is 0 Å². The number of nitrogens with one attached hydrogen (secondary N) is 1. The van der Waals surface area contributed by atoms with E-state index in [0.29, 0.717) is 5.82 Å². The van der Waals surface area contributed by atoms with Gasteiger partial charge < -0.3 is 10.4 Å². The summed E-state index contributed by atoms with van der Waals surface area (Å²) in [6.45, 7) is 6.40. The largest absolute Gasteiger partial charge is 0.363 e. The molecule has 1 atom stereocenters. The van der Waals surface area contributed by atoms with E-state index >= 15 is 0 Å². The second-order valence-corrected chi connectivity index (χ2v) is 9.03. The summed E-state index contributed by atoms with van der Waals surface area (Å²) in [6, 6.07) is 5.47.